The summed E-state index contributed by atoms with van der Waals surface area (Å²) in [4.78, 5) is 19.5. The molecule has 1 unspecified atom stereocenters. The Labute approximate surface area is 209 Å². The number of hydrogen-bond donors (Lipinski definition) is 2. The predicted octanol–water partition coefficient (Wildman–Crippen LogP) is 2.68. The summed E-state index contributed by atoms with van der Waals surface area (Å²) < 4.78 is 19.7. The summed E-state index contributed by atoms with van der Waals surface area (Å²) in [5.41, 5.74) is 0.131. The molecule has 8 heteroatoms. The van der Waals surface area contributed by atoms with Gasteiger partial charge in [-0.1, -0.05) is 19.1 Å². The number of aliphatic hydroxyl groups is 1. The van der Waals surface area contributed by atoms with Crippen molar-refractivity contribution in [1.29, 1.82) is 0 Å². The zero-order valence-corrected chi connectivity index (χ0v) is 21.4. The lowest BCUT2D eigenvalue weighted by molar-refractivity contribution is -0.127. The van der Waals surface area contributed by atoms with E-state index in [2.05, 4.69) is 26.1 Å². The normalized spacial score (nSPS) is 26.1. The Bertz CT molecular complexity index is 818. The van der Waals surface area contributed by atoms with Crippen molar-refractivity contribution in [3.8, 4) is 5.75 Å². The molecule has 1 aromatic carbocycles. The predicted molar refractivity (Wildman–Crippen MR) is 137 cm³/mol. The Morgan fingerprint density at radius 2 is 1.86 bits per heavy atom. The van der Waals surface area contributed by atoms with Gasteiger partial charge in [-0.2, -0.15) is 0 Å². The summed E-state index contributed by atoms with van der Waals surface area (Å²) in [6.45, 7) is 7.74. The van der Waals surface area contributed by atoms with Crippen LogP contribution in [0.5, 0.6) is 5.75 Å². The van der Waals surface area contributed by atoms with Crippen molar-refractivity contribution in [2.45, 2.75) is 63.3 Å². The van der Waals surface area contributed by atoms with Gasteiger partial charge in [-0.3, -0.25) is 14.6 Å². The third kappa shape index (κ3) is 6.66. The molecule has 35 heavy (non-hydrogen) atoms. The molecule has 2 heterocycles. The number of ether oxygens (including phenoxy) is 1. The van der Waals surface area contributed by atoms with Gasteiger partial charge in [-0.25, -0.2) is 4.39 Å². The number of aliphatic hydroxyl groups excluding tert-OH is 1. The lowest BCUT2D eigenvalue weighted by Crippen LogP contribution is -2.62. The zero-order chi connectivity index (χ0) is 24.8. The molecule has 2 saturated heterocycles. The Balaban J connectivity index is 1.09. The molecule has 1 aliphatic carbocycles. The number of rotatable bonds is 10. The van der Waals surface area contributed by atoms with Crippen LogP contribution >= 0.6 is 0 Å². The number of amides is 1. The first kappa shape index (κ1) is 26.2. The molecule has 3 aliphatic rings. The second-order valence-electron chi connectivity index (χ2n) is 10.6. The van der Waals surface area contributed by atoms with E-state index in [0.717, 1.165) is 63.3 Å². The van der Waals surface area contributed by atoms with Gasteiger partial charge >= 0.3 is 0 Å². The first-order valence-electron chi connectivity index (χ1n) is 13.4. The molecule has 2 aliphatic heterocycles. The number of alkyl halides is 1. The van der Waals surface area contributed by atoms with Crippen LogP contribution in [0.3, 0.4) is 0 Å². The van der Waals surface area contributed by atoms with E-state index in [4.69, 9.17) is 4.74 Å². The van der Waals surface area contributed by atoms with Crippen LogP contribution in [0, 0.1) is 5.92 Å². The van der Waals surface area contributed by atoms with E-state index in [9.17, 15) is 14.3 Å². The van der Waals surface area contributed by atoms with Gasteiger partial charge in [0, 0.05) is 64.3 Å². The highest BCUT2D eigenvalue weighted by atomic mass is 19.1. The quantitative estimate of drug-likeness (QED) is 0.526. The molecular weight excluding hydrogens is 447 g/mol. The monoisotopic (exact) mass is 490 g/mol. The molecule has 1 aromatic rings. The van der Waals surface area contributed by atoms with Crippen LogP contribution in [0.25, 0.3) is 0 Å². The molecule has 0 radical (unpaired) electrons. The van der Waals surface area contributed by atoms with Crippen molar-refractivity contribution in [3.63, 3.8) is 0 Å². The average molecular weight is 491 g/mol. The molecule has 7 nitrogen and oxygen atoms in total. The van der Waals surface area contributed by atoms with Gasteiger partial charge in [0.1, 0.15) is 11.4 Å². The summed E-state index contributed by atoms with van der Waals surface area (Å²) in [5, 5.41) is 13.6. The third-order valence-electron chi connectivity index (χ3n) is 8.23. The Hall–Kier alpha value is -1.90. The third-order valence-corrected chi connectivity index (χ3v) is 8.23. The number of β-amino-alcohol motifs (C(OH)–C–C–N with tert-alkyl or cyclic N) is 1. The van der Waals surface area contributed by atoms with Crippen LogP contribution in [0.15, 0.2) is 24.3 Å². The van der Waals surface area contributed by atoms with E-state index in [1.54, 1.807) is 7.11 Å². The minimum atomic E-state index is -0.988. The van der Waals surface area contributed by atoms with Gasteiger partial charge in [0.15, 0.2) is 0 Å². The highest BCUT2D eigenvalue weighted by Crippen LogP contribution is 2.36. The minimum absolute atomic E-state index is 0.0500. The second-order valence-corrected chi connectivity index (χ2v) is 10.6. The first-order chi connectivity index (χ1) is 16.9. The van der Waals surface area contributed by atoms with Gasteiger partial charge < -0.3 is 20.1 Å². The number of para-hydroxylation sites is 2. The highest BCUT2D eigenvalue weighted by molar-refractivity contribution is 5.78. The van der Waals surface area contributed by atoms with E-state index in [1.165, 1.54) is 0 Å². The molecule has 0 spiro atoms. The van der Waals surface area contributed by atoms with Gasteiger partial charge in [-0.05, 0) is 50.7 Å². The largest absolute Gasteiger partial charge is 0.495 e. The van der Waals surface area contributed by atoms with Crippen LogP contribution in [-0.2, 0) is 4.79 Å². The molecule has 196 valence electrons. The smallest absolute Gasteiger partial charge is 0.223 e. The zero-order valence-electron chi connectivity index (χ0n) is 21.4. The van der Waals surface area contributed by atoms with Gasteiger partial charge in [0.05, 0.1) is 18.9 Å². The summed E-state index contributed by atoms with van der Waals surface area (Å²) in [6.07, 6.45) is 4.40. The van der Waals surface area contributed by atoms with Crippen molar-refractivity contribution < 1.29 is 19.0 Å². The molecule has 0 bridgehead atoms. The second kappa shape index (κ2) is 11.9. The number of likely N-dealkylation sites (tertiary alicyclic amines) is 1. The van der Waals surface area contributed by atoms with Gasteiger partial charge in [0.25, 0.3) is 0 Å². The van der Waals surface area contributed by atoms with E-state index < -0.39 is 11.8 Å². The van der Waals surface area contributed by atoms with Crippen molar-refractivity contribution in [3.05, 3.63) is 24.3 Å². The maximum Gasteiger partial charge on any atom is 0.223 e. The van der Waals surface area contributed by atoms with Crippen molar-refractivity contribution >= 4 is 11.6 Å². The van der Waals surface area contributed by atoms with Crippen LogP contribution in [0.4, 0.5) is 10.1 Å². The van der Waals surface area contributed by atoms with E-state index in [-0.39, 0.29) is 11.8 Å². The summed E-state index contributed by atoms with van der Waals surface area (Å²) in [6, 6.07) is 8.52. The maximum absolute atomic E-state index is 14.2. The molecule has 0 aromatic heterocycles. The van der Waals surface area contributed by atoms with E-state index >= 15 is 0 Å². The maximum atomic E-state index is 14.2. The minimum Gasteiger partial charge on any atom is -0.495 e. The fourth-order valence-electron chi connectivity index (χ4n) is 5.82. The van der Waals surface area contributed by atoms with E-state index in [0.29, 0.717) is 45.1 Å². The lowest BCUT2D eigenvalue weighted by atomic mass is 9.81. The van der Waals surface area contributed by atoms with E-state index in [1.807, 2.05) is 25.1 Å². The fourth-order valence-corrected chi connectivity index (χ4v) is 5.82. The Morgan fingerprint density at radius 1 is 1.17 bits per heavy atom. The van der Waals surface area contributed by atoms with Gasteiger partial charge in [-0.15, -0.1) is 0 Å². The number of halogens is 1. The lowest BCUT2D eigenvalue weighted by Gasteiger charge is -2.49. The number of nitrogens with one attached hydrogen (secondary N) is 1. The van der Waals surface area contributed by atoms with Crippen molar-refractivity contribution in [2.75, 3.05) is 64.4 Å². The average Bonchev–Trinajstić information content (AvgIpc) is 2.87. The number of nitrogens with zero attached hydrogens (tertiary/aromatic N) is 3. The van der Waals surface area contributed by atoms with Crippen molar-refractivity contribution in [2.24, 2.45) is 5.92 Å². The topological polar surface area (TPSA) is 68.3 Å². The Morgan fingerprint density at radius 3 is 2.51 bits per heavy atom. The fraction of sp³-hybridized carbons (Fsp3) is 0.741. The molecule has 1 atom stereocenters. The van der Waals surface area contributed by atoms with Gasteiger partial charge in [0.2, 0.25) is 5.91 Å². The van der Waals surface area contributed by atoms with Crippen LogP contribution < -0.4 is 15.0 Å². The van der Waals surface area contributed by atoms with Crippen LogP contribution in [0.2, 0.25) is 0 Å². The molecule has 4 rings (SSSR count). The number of benzene rings is 1. The van der Waals surface area contributed by atoms with Crippen LogP contribution in [-0.4, -0.2) is 98.1 Å². The number of carbonyl (C=O) groups excluding carboxylic acids is 1. The number of carbonyl (C=O) groups is 1. The molecule has 2 N–H and O–H groups in total. The van der Waals surface area contributed by atoms with Crippen LogP contribution in [0.1, 0.15) is 45.4 Å². The summed E-state index contributed by atoms with van der Waals surface area (Å²) in [5.74, 6) is 1.05. The SMILES string of the molecule is CCC1(F)CN(C2CCC(C(=O)NCCC(O)CN3CCN(c4ccccc4OC)CC3)CC2)C1. The Kier molecular flexibility index (Phi) is 8.89. The van der Waals surface area contributed by atoms with Crippen molar-refractivity contribution in [1.82, 2.24) is 15.1 Å². The molecule has 3 fully saturated rings. The first-order valence-corrected chi connectivity index (χ1v) is 13.4. The molecule has 1 saturated carbocycles. The summed E-state index contributed by atoms with van der Waals surface area (Å²) >= 11 is 0. The standard InChI is InChI=1S/C27H43FN4O3/c1-3-27(28)19-32(20-27)22-10-8-21(9-11-22)26(34)29-13-12-23(33)18-30-14-16-31(17-15-30)24-6-4-5-7-25(24)35-2/h4-7,21-23,33H,3,8-20H2,1-2H3,(H,29,34). The number of anilines is 1. The number of methoxy groups -OCH3 is 1. The molecule has 1 amide bonds. The number of piperazine rings is 1. The summed E-state index contributed by atoms with van der Waals surface area (Å²) in [7, 11) is 1.70. The highest BCUT2D eigenvalue weighted by Gasteiger charge is 2.45. The molecular formula is C27H43FN4O3. The number of hydrogen-bond acceptors (Lipinski definition) is 6.